The van der Waals surface area contributed by atoms with Gasteiger partial charge in [0.2, 0.25) is 0 Å². The molecule has 1 N–H and O–H groups in total. The number of nitrogens with zero attached hydrogens (tertiary/aromatic N) is 1. The normalized spacial score (nSPS) is 14.6. The van der Waals surface area contributed by atoms with Gasteiger partial charge in [-0.2, -0.15) is 8.78 Å². The van der Waals surface area contributed by atoms with Crippen LogP contribution in [0.3, 0.4) is 0 Å². The van der Waals surface area contributed by atoms with Gasteiger partial charge in [-0.15, -0.1) is 0 Å². The summed E-state index contributed by atoms with van der Waals surface area (Å²) in [4.78, 5) is 3.89. The first kappa shape index (κ1) is 20.7. The smallest absolute Gasteiger partial charge is 0.387 e. The number of rotatable bonds is 10. The summed E-state index contributed by atoms with van der Waals surface area (Å²) in [7, 11) is 0. The van der Waals surface area contributed by atoms with Crippen LogP contribution in [0.4, 0.5) is 8.78 Å². The highest BCUT2D eigenvalue weighted by molar-refractivity contribution is 6.10. The van der Waals surface area contributed by atoms with E-state index in [1.165, 1.54) is 30.6 Å². The Labute approximate surface area is 170 Å². The number of halogens is 4. The minimum absolute atomic E-state index is 0.0894. The summed E-state index contributed by atoms with van der Waals surface area (Å²) in [5.74, 6) is 0.0329. The summed E-state index contributed by atoms with van der Waals surface area (Å²) < 4.78 is 45.2. The van der Waals surface area contributed by atoms with Crippen LogP contribution in [-0.4, -0.2) is 29.9 Å². The fourth-order valence-corrected chi connectivity index (χ4v) is 3.05. The molecule has 1 aliphatic rings. The number of hydrogen-bond donors (Lipinski definition) is 1. The van der Waals surface area contributed by atoms with Crippen molar-refractivity contribution in [3.05, 3.63) is 41.7 Å². The maximum absolute atomic E-state index is 12.7. The molecular weight excluding hydrogens is 419 g/mol. The zero-order valence-electron chi connectivity index (χ0n) is 14.5. The van der Waals surface area contributed by atoms with E-state index in [9.17, 15) is 13.9 Å². The fraction of sp³-hybridized carbons (Fsp3) is 0.389. The van der Waals surface area contributed by atoms with E-state index in [0.717, 1.165) is 12.8 Å². The lowest BCUT2D eigenvalue weighted by atomic mass is 9.91. The van der Waals surface area contributed by atoms with Crippen molar-refractivity contribution >= 4 is 23.7 Å². The van der Waals surface area contributed by atoms with E-state index in [4.69, 9.17) is 37.0 Å². The van der Waals surface area contributed by atoms with Crippen molar-refractivity contribution in [2.45, 2.75) is 25.4 Å². The third-order valence-corrected chi connectivity index (χ3v) is 4.70. The summed E-state index contributed by atoms with van der Waals surface area (Å²) in [6.45, 7) is -2.97. The number of aromatic nitrogens is 1. The van der Waals surface area contributed by atoms with Gasteiger partial charge in [0.15, 0.2) is 23.0 Å². The van der Waals surface area contributed by atoms with E-state index in [1.807, 2.05) is 0 Å². The van der Waals surface area contributed by atoms with Gasteiger partial charge in [-0.05, 0) is 36.5 Å². The monoisotopic (exact) mass is 435 g/mol. The minimum Gasteiger partial charge on any atom is -0.489 e. The van der Waals surface area contributed by atoms with Crippen LogP contribution in [0.2, 0.25) is 0 Å². The van der Waals surface area contributed by atoms with Crippen LogP contribution < -0.4 is 18.1 Å². The molecule has 10 heteroatoms. The molecule has 2 aromatic rings. The number of ether oxygens (including phenoxy) is 2. The van der Waals surface area contributed by atoms with E-state index < -0.39 is 12.5 Å². The largest absolute Gasteiger partial charge is 0.489 e. The van der Waals surface area contributed by atoms with Crippen molar-refractivity contribution in [2.75, 3.05) is 13.2 Å². The average molecular weight is 436 g/mol. The van der Waals surface area contributed by atoms with Crippen LogP contribution in [0, 0.1) is 5.92 Å². The van der Waals surface area contributed by atoms with Crippen molar-refractivity contribution in [2.24, 2.45) is 5.92 Å². The second-order valence-electron chi connectivity index (χ2n) is 6.28. The molecule has 3 rings (SSSR count). The summed E-state index contributed by atoms with van der Waals surface area (Å²) in [6, 6.07) is 4.41. The van der Waals surface area contributed by atoms with Gasteiger partial charge < -0.3 is 23.2 Å². The third kappa shape index (κ3) is 4.87. The predicted molar refractivity (Wildman–Crippen MR) is 97.4 cm³/mol. The maximum atomic E-state index is 12.7. The quantitative estimate of drug-likeness (QED) is 0.584. The molecule has 0 bridgehead atoms. The lowest BCUT2D eigenvalue weighted by Gasteiger charge is -2.20. The standard InChI is InChI=1S/C18H17Cl2F2NO5/c19-27-15-6-23-7-16(28-20)17(15)12(8-24)11-3-4-13(26-18(21)22)14(5-11)25-9-10-1-2-10/h3-7,10,12,18,24H,1-2,8-9H2. The van der Waals surface area contributed by atoms with Crippen LogP contribution in [0.1, 0.15) is 29.9 Å². The van der Waals surface area contributed by atoms with E-state index in [1.54, 1.807) is 0 Å². The fourth-order valence-electron chi connectivity index (χ4n) is 2.80. The Morgan fingerprint density at radius 2 is 1.75 bits per heavy atom. The Balaban J connectivity index is 1.99. The molecule has 1 heterocycles. The highest BCUT2D eigenvalue weighted by Crippen LogP contribution is 2.42. The molecule has 6 nitrogen and oxygen atoms in total. The second-order valence-corrected chi connectivity index (χ2v) is 6.59. The van der Waals surface area contributed by atoms with Crippen molar-refractivity contribution in [1.29, 1.82) is 0 Å². The second kappa shape index (κ2) is 9.45. The number of alkyl halides is 2. The Morgan fingerprint density at radius 3 is 2.29 bits per heavy atom. The lowest BCUT2D eigenvalue weighted by Crippen LogP contribution is -2.11. The molecule has 1 aromatic carbocycles. The number of pyridine rings is 1. The van der Waals surface area contributed by atoms with Crippen LogP contribution in [-0.2, 0) is 0 Å². The molecule has 1 atom stereocenters. The molecular formula is C18H17Cl2F2NO5. The highest BCUT2D eigenvalue weighted by Gasteiger charge is 2.27. The van der Waals surface area contributed by atoms with Crippen molar-refractivity contribution in [3.8, 4) is 23.0 Å². The first-order valence-corrected chi connectivity index (χ1v) is 9.06. The molecule has 1 fully saturated rings. The molecule has 28 heavy (non-hydrogen) atoms. The first-order valence-electron chi connectivity index (χ1n) is 8.44. The van der Waals surface area contributed by atoms with E-state index >= 15 is 0 Å². The Bertz CT molecular complexity index is 785. The van der Waals surface area contributed by atoms with E-state index in [0.29, 0.717) is 23.7 Å². The summed E-state index contributed by atoms with van der Waals surface area (Å²) in [6.07, 6.45) is 4.74. The van der Waals surface area contributed by atoms with Gasteiger partial charge in [0.05, 0.1) is 31.2 Å². The number of hydrogen-bond acceptors (Lipinski definition) is 6. The van der Waals surface area contributed by atoms with Crippen molar-refractivity contribution in [3.63, 3.8) is 0 Å². The Kier molecular flexibility index (Phi) is 6.98. The average Bonchev–Trinajstić information content (AvgIpc) is 3.52. The van der Waals surface area contributed by atoms with Crippen molar-refractivity contribution < 1.29 is 31.9 Å². The molecule has 1 unspecified atom stereocenters. The van der Waals surface area contributed by atoms with Crippen molar-refractivity contribution in [1.82, 2.24) is 4.98 Å². The number of benzene rings is 1. The van der Waals surface area contributed by atoms with Gasteiger partial charge in [-0.25, -0.2) is 0 Å². The van der Waals surface area contributed by atoms with Gasteiger partial charge in [0.1, 0.15) is 23.7 Å². The first-order chi connectivity index (χ1) is 13.6. The molecule has 0 radical (unpaired) electrons. The minimum atomic E-state index is -2.99. The van der Waals surface area contributed by atoms with E-state index in [2.05, 4.69) is 9.72 Å². The summed E-state index contributed by atoms with van der Waals surface area (Å²) in [5, 5.41) is 10.00. The summed E-state index contributed by atoms with van der Waals surface area (Å²) in [5.41, 5.74) is 0.879. The maximum Gasteiger partial charge on any atom is 0.387 e. The van der Waals surface area contributed by atoms with Crippen LogP contribution in [0.15, 0.2) is 30.6 Å². The Morgan fingerprint density at radius 1 is 1.07 bits per heavy atom. The highest BCUT2D eigenvalue weighted by atomic mass is 35.5. The zero-order chi connectivity index (χ0) is 20.1. The molecule has 1 saturated carbocycles. The zero-order valence-corrected chi connectivity index (χ0v) is 16.0. The van der Waals surface area contributed by atoms with E-state index in [-0.39, 0.29) is 29.6 Å². The van der Waals surface area contributed by atoms with Gasteiger partial charge in [0.25, 0.3) is 0 Å². The molecule has 0 aliphatic heterocycles. The van der Waals surface area contributed by atoms with Gasteiger partial charge >= 0.3 is 6.61 Å². The van der Waals surface area contributed by atoms with Crippen LogP contribution >= 0.6 is 23.7 Å². The topological polar surface area (TPSA) is 70.0 Å². The molecule has 152 valence electrons. The number of aliphatic hydroxyl groups is 1. The molecule has 0 spiro atoms. The van der Waals surface area contributed by atoms with Gasteiger partial charge in [0, 0.05) is 5.92 Å². The van der Waals surface area contributed by atoms with Crippen LogP contribution in [0.25, 0.3) is 0 Å². The summed E-state index contributed by atoms with van der Waals surface area (Å²) >= 11 is 11.0. The molecule has 0 saturated heterocycles. The Hall–Kier alpha value is -2.03. The third-order valence-electron chi connectivity index (χ3n) is 4.37. The van der Waals surface area contributed by atoms with Gasteiger partial charge in [-0.3, -0.25) is 4.98 Å². The predicted octanol–water partition coefficient (Wildman–Crippen LogP) is 4.66. The van der Waals surface area contributed by atoms with Gasteiger partial charge in [-0.1, -0.05) is 6.07 Å². The van der Waals surface area contributed by atoms with Crippen LogP contribution in [0.5, 0.6) is 23.0 Å². The number of aliphatic hydroxyl groups excluding tert-OH is 1. The molecule has 0 amide bonds. The lowest BCUT2D eigenvalue weighted by molar-refractivity contribution is -0.0515. The molecule has 1 aliphatic carbocycles. The SMILES string of the molecule is OCC(c1ccc(OC(F)F)c(OCC2CC2)c1)c1c(OCl)cncc1OCl. The molecule has 1 aromatic heterocycles.